The fraction of sp³-hybridized carbons (Fsp3) is 1.00. The van der Waals surface area contributed by atoms with E-state index >= 15 is 0 Å². The van der Waals surface area contributed by atoms with Crippen LogP contribution >= 0.6 is 0 Å². The summed E-state index contributed by atoms with van der Waals surface area (Å²) in [6.07, 6.45) is 0.995. The minimum atomic E-state index is -3.74. The van der Waals surface area contributed by atoms with E-state index in [0.717, 1.165) is 12.5 Å². The van der Waals surface area contributed by atoms with Crippen LogP contribution in [0.3, 0.4) is 0 Å². The molecule has 3 nitrogen and oxygen atoms in total. The molecule has 12 heavy (non-hydrogen) atoms. The molecule has 0 atom stereocenters. The van der Waals surface area contributed by atoms with E-state index in [2.05, 4.69) is 0 Å². The van der Waals surface area contributed by atoms with Gasteiger partial charge in [0.1, 0.15) is 0 Å². The average Bonchev–Trinajstić information content (AvgIpc) is 1.55. The normalized spacial score (nSPS) is 12.3. The zero-order valence-corrected chi connectivity index (χ0v) is 12.1. The Labute approximate surface area is 98.0 Å². The maximum atomic E-state index is 10.5. The minimum absolute atomic E-state index is 0. The van der Waals surface area contributed by atoms with Gasteiger partial charge in [0, 0.05) is 29.6 Å². The monoisotopic (exact) mass is 219 g/mol. The van der Waals surface area contributed by atoms with Gasteiger partial charge in [-0.05, 0) is 0 Å². The average molecular weight is 219 g/mol. The van der Waals surface area contributed by atoms with E-state index in [9.17, 15) is 8.42 Å². The van der Waals surface area contributed by atoms with Crippen molar-refractivity contribution in [2.45, 2.75) is 32.5 Å². The first-order valence-electron chi connectivity index (χ1n) is 3.72. The molecule has 0 saturated carbocycles. The van der Waals surface area contributed by atoms with Crippen molar-refractivity contribution in [3.63, 3.8) is 0 Å². The summed E-state index contributed by atoms with van der Waals surface area (Å²) in [6, 6.07) is 0.951. The molecule has 69 valence electrons. The van der Waals surface area contributed by atoms with Crippen LogP contribution in [0.4, 0.5) is 0 Å². The zero-order chi connectivity index (χ0) is 9.12. The SMILES string of the molecule is CCC[Si](C)(C)CS(=O)(=O)O.[Na]. The number of rotatable bonds is 4. The molecule has 0 aliphatic heterocycles. The molecule has 0 rings (SSSR count). The van der Waals surface area contributed by atoms with E-state index < -0.39 is 18.2 Å². The van der Waals surface area contributed by atoms with Gasteiger partial charge in [-0.2, -0.15) is 8.42 Å². The third-order valence-electron chi connectivity index (χ3n) is 1.50. The number of hydrogen-bond acceptors (Lipinski definition) is 2. The standard InChI is InChI=1S/C6H16O3SSi.Na/c1-4-5-11(2,3)6-10(7,8)9;/h4-6H2,1-3H3,(H,7,8,9);. The topological polar surface area (TPSA) is 54.4 Å². The van der Waals surface area contributed by atoms with Crippen molar-refractivity contribution in [3.05, 3.63) is 0 Å². The van der Waals surface area contributed by atoms with E-state index in [1.54, 1.807) is 0 Å². The first-order chi connectivity index (χ1) is 4.77. The molecule has 0 spiro atoms. The Morgan fingerprint density at radius 3 is 2.00 bits per heavy atom. The Kier molecular flexibility index (Phi) is 7.50. The van der Waals surface area contributed by atoms with Gasteiger partial charge in [0.25, 0.3) is 10.1 Å². The van der Waals surface area contributed by atoms with Gasteiger partial charge in [0.2, 0.25) is 0 Å². The van der Waals surface area contributed by atoms with Gasteiger partial charge in [0.15, 0.2) is 0 Å². The van der Waals surface area contributed by atoms with Crippen molar-refractivity contribution in [2.75, 3.05) is 5.38 Å². The van der Waals surface area contributed by atoms with Crippen LogP contribution in [0, 0.1) is 0 Å². The van der Waals surface area contributed by atoms with Crippen LogP contribution in [0.1, 0.15) is 13.3 Å². The van der Waals surface area contributed by atoms with E-state index in [0.29, 0.717) is 0 Å². The molecule has 6 heteroatoms. The van der Waals surface area contributed by atoms with Crippen molar-refractivity contribution in [1.82, 2.24) is 0 Å². The fourth-order valence-electron chi connectivity index (χ4n) is 1.24. The first kappa shape index (κ1) is 15.6. The van der Waals surface area contributed by atoms with Crippen molar-refractivity contribution in [1.29, 1.82) is 0 Å². The third-order valence-corrected chi connectivity index (χ3v) is 7.94. The van der Waals surface area contributed by atoms with Gasteiger partial charge in [0.05, 0.1) is 13.5 Å². The van der Waals surface area contributed by atoms with Gasteiger partial charge in [-0.3, -0.25) is 4.55 Å². The summed E-state index contributed by atoms with van der Waals surface area (Å²) in [5.41, 5.74) is 0. The second-order valence-corrected chi connectivity index (χ2v) is 10.8. The zero-order valence-electron chi connectivity index (χ0n) is 8.29. The largest absolute Gasteiger partial charge is 0.286 e. The molecule has 0 bridgehead atoms. The Balaban J connectivity index is 0. The molecule has 0 aromatic heterocycles. The van der Waals surface area contributed by atoms with Gasteiger partial charge in [-0.15, -0.1) is 0 Å². The Bertz CT molecular complexity index is 213. The summed E-state index contributed by atoms with van der Waals surface area (Å²) in [7, 11) is -5.42. The van der Waals surface area contributed by atoms with Crippen LogP contribution in [0.15, 0.2) is 0 Å². The van der Waals surface area contributed by atoms with Crippen LogP contribution in [-0.2, 0) is 10.1 Å². The predicted molar refractivity (Wildman–Crippen MR) is 54.7 cm³/mol. The van der Waals surface area contributed by atoms with Gasteiger partial charge in [-0.1, -0.05) is 32.5 Å². The molecular weight excluding hydrogens is 203 g/mol. The molecule has 0 aromatic rings. The summed E-state index contributed by atoms with van der Waals surface area (Å²) in [5, 5.41) is -0.00611. The second kappa shape index (κ2) is 5.77. The van der Waals surface area contributed by atoms with Crippen molar-refractivity contribution < 1.29 is 13.0 Å². The Hall–Kier alpha value is 1.13. The van der Waals surface area contributed by atoms with Crippen molar-refractivity contribution in [2.24, 2.45) is 0 Å². The molecule has 0 aliphatic carbocycles. The summed E-state index contributed by atoms with van der Waals surface area (Å²) in [6.45, 7) is 5.98. The summed E-state index contributed by atoms with van der Waals surface area (Å²) in [4.78, 5) is 0. The van der Waals surface area contributed by atoms with Crippen LogP contribution in [0.5, 0.6) is 0 Å². The summed E-state index contributed by atoms with van der Waals surface area (Å²) < 4.78 is 29.6. The molecule has 0 saturated heterocycles. The maximum absolute atomic E-state index is 10.5. The van der Waals surface area contributed by atoms with Crippen LogP contribution in [0.25, 0.3) is 0 Å². The molecule has 1 radical (unpaired) electrons. The van der Waals surface area contributed by atoms with E-state index in [1.807, 2.05) is 20.0 Å². The summed E-state index contributed by atoms with van der Waals surface area (Å²) >= 11 is 0. The molecule has 0 amide bonds. The van der Waals surface area contributed by atoms with Crippen LogP contribution < -0.4 is 0 Å². The van der Waals surface area contributed by atoms with Crippen molar-refractivity contribution >= 4 is 47.7 Å². The Morgan fingerprint density at radius 2 is 1.75 bits per heavy atom. The molecular formula is C6H16NaO3SSi. The quantitative estimate of drug-likeness (QED) is 0.570. The van der Waals surface area contributed by atoms with Gasteiger partial charge >= 0.3 is 0 Å². The smallest absolute Gasteiger partial charge is 0.262 e. The minimum Gasteiger partial charge on any atom is -0.286 e. The second-order valence-electron chi connectivity index (χ2n) is 3.64. The van der Waals surface area contributed by atoms with E-state index in [-0.39, 0.29) is 34.9 Å². The molecule has 0 aliphatic rings. The molecule has 0 heterocycles. The predicted octanol–water partition coefficient (Wildman–Crippen LogP) is 1.15. The van der Waals surface area contributed by atoms with Crippen molar-refractivity contribution in [3.8, 4) is 0 Å². The van der Waals surface area contributed by atoms with Crippen LogP contribution in [-0.4, -0.2) is 56.0 Å². The van der Waals surface area contributed by atoms with Gasteiger partial charge < -0.3 is 0 Å². The van der Waals surface area contributed by atoms with Gasteiger partial charge in [-0.25, -0.2) is 0 Å². The van der Waals surface area contributed by atoms with E-state index in [1.165, 1.54) is 0 Å². The van der Waals surface area contributed by atoms with E-state index in [4.69, 9.17) is 4.55 Å². The fourth-order valence-corrected chi connectivity index (χ4v) is 7.12. The molecule has 1 N–H and O–H groups in total. The third kappa shape index (κ3) is 9.22. The first-order valence-corrected chi connectivity index (χ1v) is 8.74. The molecule has 0 aromatic carbocycles. The summed E-state index contributed by atoms with van der Waals surface area (Å²) in [5.74, 6) is 0. The maximum Gasteiger partial charge on any atom is 0.262 e. The molecule has 0 fully saturated rings. The number of hydrogen-bond donors (Lipinski definition) is 1. The molecule has 0 unspecified atom stereocenters. The van der Waals surface area contributed by atoms with Crippen LogP contribution in [0.2, 0.25) is 19.1 Å². The Morgan fingerprint density at radius 1 is 1.33 bits per heavy atom.